The van der Waals surface area contributed by atoms with E-state index in [1.165, 1.54) is 0 Å². The number of anilines is 1. The summed E-state index contributed by atoms with van der Waals surface area (Å²) in [5, 5.41) is 2.69. The Bertz CT molecular complexity index is 486. The summed E-state index contributed by atoms with van der Waals surface area (Å²) in [5.74, 6) is 0.453. The zero-order valence-electron chi connectivity index (χ0n) is 11.6. The molecule has 0 aliphatic carbocycles. The molecule has 1 saturated heterocycles. The maximum atomic E-state index is 12.2. The summed E-state index contributed by atoms with van der Waals surface area (Å²) >= 11 is 0. The lowest BCUT2D eigenvalue weighted by Gasteiger charge is -2.13. The van der Waals surface area contributed by atoms with Crippen LogP contribution in [0.2, 0.25) is 0 Å². The molecule has 108 valence electrons. The van der Waals surface area contributed by atoms with Crippen molar-refractivity contribution < 1.29 is 19.1 Å². The molecule has 1 aromatic rings. The third-order valence-corrected chi connectivity index (χ3v) is 3.19. The van der Waals surface area contributed by atoms with Crippen LogP contribution >= 0.6 is 0 Å². The zero-order valence-corrected chi connectivity index (χ0v) is 11.6. The van der Waals surface area contributed by atoms with E-state index in [-0.39, 0.29) is 11.9 Å². The van der Waals surface area contributed by atoms with Gasteiger partial charge in [-0.15, -0.1) is 0 Å². The van der Waals surface area contributed by atoms with Gasteiger partial charge in [0.05, 0.1) is 12.8 Å². The molecule has 0 spiro atoms. The van der Waals surface area contributed by atoms with Gasteiger partial charge in [0, 0.05) is 13.7 Å². The number of nitrogens with zero attached hydrogens (tertiary/aromatic N) is 1. The summed E-state index contributed by atoms with van der Waals surface area (Å²) < 4.78 is 10.0. The average molecular weight is 278 g/mol. The first-order valence-electron chi connectivity index (χ1n) is 6.45. The van der Waals surface area contributed by atoms with Crippen LogP contribution in [-0.4, -0.2) is 38.8 Å². The number of ether oxygens (including phenoxy) is 2. The first-order chi connectivity index (χ1) is 9.67. The largest absolute Gasteiger partial charge is 0.497 e. The second-order valence-electron chi connectivity index (χ2n) is 4.51. The normalized spacial score (nSPS) is 18.3. The van der Waals surface area contributed by atoms with Gasteiger partial charge in [-0.2, -0.15) is 0 Å². The van der Waals surface area contributed by atoms with Crippen LogP contribution in [0.25, 0.3) is 0 Å². The van der Waals surface area contributed by atoms with Crippen LogP contribution < -0.4 is 15.0 Å². The molecule has 1 aliphatic rings. The van der Waals surface area contributed by atoms with E-state index in [1.54, 1.807) is 38.5 Å². The molecule has 1 fully saturated rings. The monoisotopic (exact) mass is 278 g/mol. The minimum Gasteiger partial charge on any atom is -0.497 e. The summed E-state index contributed by atoms with van der Waals surface area (Å²) in [6, 6.07) is 5.95. The molecule has 1 aliphatic heterocycles. The molecule has 1 aromatic carbocycles. The van der Waals surface area contributed by atoms with E-state index < -0.39 is 6.04 Å². The molecule has 0 saturated carbocycles. The number of nitrogens with one attached hydrogen (secondary N) is 1. The molecule has 1 N–H and O–H groups in total. The molecule has 6 nitrogen and oxygen atoms in total. The van der Waals surface area contributed by atoms with Crippen LogP contribution in [-0.2, 0) is 9.53 Å². The Morgan fingerprint density at radius 1 is 1.20 bits per heavy atom. The molecule has 20 heavy (non-hydrogen) atoms. The Morgan fingerprint density at radius 2 is 1.90 bits per heavy atom. The van der Waals surface area contributed by atoms with E-state index in [2.05, 4.69) is 5.32 Å². The standard InChI is InChI=1S/C14H18N2O4/c1-19-9-3-4-12-13(17)16(14(18)15-12)10-5-7-11(20-2)8-6-10/h5-8,12H,3-4,9H2,1-2H3,(H,15,18). The summed E-state index contributed by atoms with van der Waals surface area (Å²) in [6.07, 6.45) is 1.30. The van der Waals surface area contributed by atoms with E-state index in [0.29, 0.717) is 24.5 Å². The van der Waals surface area contributed by atoms with Crippen LogP contribution in [0.4, 0.5) is 10.5 Å². The van der Waals surface area contributed by atoms with Crippen molar-refractivity contribution in [3.63, 3.8) is 0 Å². The molecule has 3 amide bonds. The van der Waals surface area contributed by atoms with Crippen molar-refractivity contribution in [2.24, 2.45) is 0 Å². The van der Waals surface area contributed by atoms with E-state index in [0.717, 1.165) is 11.3 Å². The van der Waals surface area contributed by atoms with Crippen LogP contribution in [0.15, 0.2) is 24.3 Å². The SMILES string of the molecule is COCCCC1NC(=O)N(c2ccc(OC)cc2)C1=O. The van der Waals surface area contributed by atoms with Crippen LogP contribution in [0, 0.1) is 0 Å². The number of imide groups is 1. The molecule has 2 rings (SSSR count). The number of carbonyl (C=O) groups is 2. The molecular formula is C14H18N2O4. The third-order valence-electron chi connectivity index (χ3n) is 3.19. The number of urea groups is 1. The van der Waals surface area contributed by atoms with E-state index in [4.69, 9.17) is 9.47 Å². The van der Waals surface area contributed by atoms with Crippen molar-refractivity contribution in [1.82, 2.24) is 5.32 Å². The fourth-order valence-corrected chi connectivity index (χ4v) is 2.13. The van der Waals surface area contributed by atoms with Crippen molar-refractivity contribution in [2.75, 3.05) is 25.7 Å². The Hall–Kier alpha value is -2.08. The summed E-state index contributed by atoms with van der Waals surface area (Å²) in [4.78, 5) is 25.3. The van der Waals surface area contributed by atoms with E-state index in [1.807, 2.05) is 0 Å². The number of hydrogen-bond acceptors (Lipinski definition) is 4. The minimum atomic E-state index is -0.472. The lowest BCUT2D eigenvalue weighted by Crippen LogP contribution is -2.31. The van der Waals surface area contributed by atoms with Crippen molar-refractivity contribution in [3.8, 4) is 5.75 Å². The van der Waals surface area contributed by atoms with Gasteiger partial charge in [-0.1, -0.05) is 0 Å². The molecule has 1 atom stereocenters. The van der Waals surface area contributed by atoms with Crippen molar-refractivity contribution in [3.05, 3.63) is 24.3 Å². The van der Waals surface area contributed by atoms with E-state index in [9.17, 15) is 9.59 Å². The Balaban J connectivity index is 2.07. The van der Waals surface area contributed by atoms with Gasteiger partial charge < -0.3 is 14.8 Å². The Labute approximate surface area is 117 Å². The second-order valence-corrected chi connectivity index (χ2v) is 4.51. The lowest BCUT2D eigenvalue weighted by molar-refractivity contribution is -0.118. The molecule has 0 aromatic heterocycles. The minimum absolute atomic E-state index is 0.226. The number of amides is 3. The number of methoxy groups -OCH3 is 2. The van der Waals surface area contributed by atoms with Crippen LogP contribution in [0.5, 0.6) is 5.75 Å². The first kappa shape index (κ1) is 14.3. The second kappa shape index (κ2) is 6.38. The number of rotatable bonds is 6. The van der Waals surface area contributed by atoms with Crippen LogP contribution in [0.1, 0.15) is 12.8 Å². The van der Waals surface area contributed by atoms with Gasteiger partial charge in [-0.3, -0.25) is 4.79 Å². The van der Waals surface area contributed by atoms with Gasteiger partial charge in [0.1, 0.15) is 11.8 Å². The number of carbonyl (C=O) groups excluding carboxylic acids is 2. The molecule has 1 heterocycles. The molecule has 1 unspecified atom stereocenters. The maximum Gasteiger partial charge on any atom is 0.329 e. The molecule has 0 bridgehead atoms. The van der Waals surface area contributed by atoms with Gasteiger partial charge in [0.25, 0.3) is 5.91 Å². The highest BCUT2D eigenvalue weighted by molar-refractivity contribution is 6.21. The van der Waals surface area contributed by atoms with E-state index >= 15 is 0 Å². The van der Waals surface area contributed by atoms with Gasteiger partial charge in [0.15, 0.2) is 0 Å². The maximum absolute atomic E-state index is 12.2. The van der Waals surface area contributed by atoms with Crippen molar-refractivity contribution in [2.45, 2.75) is 18.9 Å². The number of benzene rings is 1. The Morgan fingerprint density at radius 3 is 2.50 bits per heavy atom. The van der Waals surface area contributed by atoms with Gasteiger partial charge in [-0.05, 0) is 37.1 Å². The molecular weight excluding hydrogens is 260 g/mol. The smallest absolute Gasteiger partial charge is 0.329 e. The van der Waals surface area contributed by atoms with Crippen molar-refractivity contribution >= 4 is 17.6 Å². The number of hydrogen-bond donors (Lipinski definition) is 1. The summed E-state index contributed by atoms with van der Waals surface area (Å²) in [5.41, 5.74) is 0.544. The quantitative estimate of drug-likeness (QED) is 0.633. The zero-order chi connectivity index (χ0) is 14.5. The highest BCUT2D eigenvalue weighted by Crippen LogP contribution is 2.23. The van der Waals surface area contributed by atoms with Crippen molar-refractivity contribution in [1.29, 1.82) is 0 Å². The fourth-order valence-electron chi connectivity index (χ4n) is 2.13. The highest BCUT2D eigenvalue weighted by atomic mass is 16.5. The predicted octanol–water partition coefficient (Wildman–Crippen LogP) is 1.55. The fraction of sp³-hybridized carbons (Fsp3) is 0.429. The topological polar surface area (TPSA) is 67.9 Å². The van der Waals surface area contributed by atoms with Gasteiger partial charge >= 0.3 is 6.03 Å². The van der Waals surface area contributed by atoms with Gasteiger partial charge in [0.2, 0.25) is 0 Å². The van der Waals surface area contributed by atoms with Crippen LogP contribution in [0.3, 0.4) is 0 Å². The molecule has 6 heteroatoms. The highest BCUT2D eigenvalue weighted by Gasteiger charge is 2.38. The summed E-state index contributed by atoms with van der Waals surface area (Å²) in [6.45, 7) is 0.572. The lowest BCUT2D eigenvalue weighted by atomic mass is 10.1. The Kier molecular flexibility index (Phi) is 4.57. The first-order valence-corrected chi connectivity index (χ1v) is 6.45. The third kappa shape index (κ3) is 2.91. The summed E-state index contributed by atoms with van der Waals surface area (Å²) in [7, 11) is 3.17. The molecule has 0 radical (unpaired) electrons. The average Bonchev–Trinajstić information content (AvgIpc) is 2.74. The van der Waals surface area contributed by atoms with Gasteiger partial charge in [-0.25, -0.2) is 9.69 Å². The predicted molar refractivity (Wildman–Crippen MR) is 73.9 cm³/mol.